The number of rotatable bonds is 7. The van der Waals surface area contributed by atoms with Gasteiger partial charge in [0.15, 0.2) is 0 Å². The van der Waals surface area contributed by atoms with Crippen LogP contribution in [-0.4, -0.2) is 25.8 Å². The van der Waals surface area contributed by atoms with Crippen LogP contribution in [0.2, 0.25) is 0 Å². The molecule has 0 aromatic carbocycles. The van der Waals surface area contributed by atoms with E-state index in [1.807, 2.05) is 6.92 Å². The summed E-state index contributed by atoms with van der Waals surface area (Å²) in [6.07, 6.45) is 2.52. The Bertz CT molecular complexity index is 96.4. The molecular weight excluding hydrogens is 144 g/mol. The van der Waals surface area contributed by atoms with Crippen molar-refractivity contribution >= 4 is 6.41 Å². The zero-order valence-electron chi connectivity index (χ0n) is 6.88. The molecular formula is C7H16N2O2. The normalized spacial score (nSPS) is 12.5. The molecule has 0 aromatic rings. The third-order valence-electron chi connectivity index (χ3n) is 1.22. The molecule has 0 rings (SSSR count). The van der Waals surface area contributed by atoms with Gasteiger partial charge in [-0.15, -0.1) is 0 Å². The highest BCUT2D eigenvalue weighted by atomic mass is 16.5. The van der Waals surface area contributed by atoms with E-state index in [-0.39, 0.29) is 6.04 Å². The first-order chi connectivity index (χ1) is 5.27. The van der Waals surface area contributed by atoms with Crippen LogP contribution in [-0.2, 0) is 9.53 Å². The van der Waals surface area contributed by atoms with E-state index in [1.165, 1.54) is 0 Å². The highest BCUT2D eigenvalue weighted by molar-refractivity contribution is 5.45. The van der Waals surface area contributed by atoms with Crippen LogP contribution in [0.4, 0.5) is 0 Å². The number of hydrogen-bond donors (Lipinski definition) is 2. The number of carbonyl (C=O) groups is 1. The van der Waals surface area contributed by atoms with Gasteiger partial charge in [-0.05, 0) is 19.8 Å². The predicted molar refractivity (Wildman–Crippen MR) is 42.9 cm³/mol. The van der Waals surface area contributed by atoms with Crippen LogP contribution in [0.25, 0.3) is 0 Å². The lowest BCUT2D eigenvalue weighted by atomic mass is 10.2. The smallest absolute Gasteiger partial charge is 0.208 e. The van der Waals surface area contributed by atoms with Gasteiger partial charge >= 0.3 is 0 Å². The molecule has 4 nitrogen and oxygen atoms in total. The van der Waals surface area contributed by atoms with E-state index in [9.17, 15) is 4.79 Å². The van der Waals surface area contributed by atoms with Crippen molar-refractivity contribution in [3.8, 4) is 0 Å². The number of carbonyl (C=O) groups excluding carboxylic acids is 1. The maximum absolute atomic E-state index is 9.73. The summed E-state index contributed by atoms with van der Waals surface area (Å²) in [4.78, 5) is 9.73. The van der Waals surface area contributed by atoms with Crippen LogP contribution in [0.1, 0.15) is 19.8 Å². The summed E-state index contributed by atoms with van der Waals surface area (Å²) in [6.45, 7) is 2.91. The number of nitrogens with two attached hydrogens (primary N) is 1. The minimum absolute atomic E-state index is 0.234. The number of ether oxygens (including phenoxy) is 1. The average Bonchev–Trinajstić information content (AvgIpc) is 1.96. The molecule has 11 heavy (non-hydrogen) atoms. The second kappa shape index (κ2) is 7.50. The van der Waals surface area contributed by atoms with Crippen molar-refractivity contribution in [2.45, 2.75) is 25.8 Å². The second-order valence-electron chi connectivity index (χ2n) is 2.49. The molecule has 66 valence electrons. The van der Waals surface area contributed by atoms with Gasteiger partial charge in [-0.2, -0.15) is 0 Å². The van der Waals surface area contributed by atoms with Crippen molar-refractivity contribution in [2.24, 2.45) is 5.73 Å². The van der Waals surface area contributed by atoms with Gasteiger partial charge in [0.05, 0.1) is 0 Å². The van der Waals surface area contributed by atoms with Crippen molar-refractivity contribution in [1.29, 1.82) is 0 Å². The first-order valence-corrected chi connectivity index (χ1v) is 3.77. The minimum Gasteiger partial charge on any atom is -0.361 e. The van der Waals surface area contributed by atoms with Gasteiger partial charge in [0.1, 0.15) is 6.73 Å². The topological polar surface area (TPSA) is 64.3 Å². The summed E-state index contributed by atoms with van der Waals surface area (Å²) in [5, 5.41) is 2.40. The third-order valence-corrected chi connectivity index (χ3v) is 1.22. The fourth-order valence-corrected chi connectivity index (χ4v) is 0.672. The highest BCUT2D eigenvalue weighted by Crippen LogP contribution is 1.92. The summed E-state index contributed by atoms with van der Waals surface area (Å²) in [5.74, 6) is 0. The van der Waals surface area contributed by atoms with Crippen LogP contribution >= 0.6 is 0 Å². The van der Waals surface area contributed by atoms with Crippen molar-refractivity contribution in [3.63, 3.8) is 0 Å². The molecule has 0 heterocycles. The van der Waals surface area contributed by atoms with Gasteiger partial charge in [0.2, 0.25) is 6.41 Å². The summed E-state index contributed by atoms with van der Waals surface area (Å²) >= 11 is 0. The molecule has 0 saturated carbocycles. The van der Waals surface area contributed by atoms with E-state index < -0.39 is 0 Å². The van der Waals surface area contributed by atoms with Crippen molar-refractivity contribution < 1.29 is 9.53 Å². The summed E-state index contributed by atoms with van der Waals surface area (Å²) in [7, 11) is 0. The molecule has 0 aliphatic rings. The molecule has 1 atom stereocenters. The largest absolute Gasteiger partial charge is 0.361 e. The van der Waals surface area contributed by atoms with Gasteiger partial charge < -0.3 is 15.8 Å². The molecule has 4 heteroatoms. The first kappa shape index (κ1) is 10.4. The first-order valence-electron chi connectivity index (χ1n) is 3.77. The Balaban J connectivity index is 2.85. The Hall–Kier alpha value is -0.610. The molecule has 0 spiro atoms. The number of nitrogens with one attached hydrogen (secondary N) is 1. The molecule has 0 fully saturated rings. The number of amides is 1. The molecule has 0 bridgehead atoms. The predicted octanol–water partition coefficient (Wildman–Crippen LogP) is -0.166. The Morgan fingerprint density at radius 1 is 1.73 bits per heavy atom. The Labute approximate surface area is 67.1 Å². The molecule has 0 saturated heterocycles. The van der Waals surface area contributed by atoms with E-state index in [2.05, 4.69) is 5.32 Å². The lowest BCUT2D eigenvalue weighted by molar-refractivity contribution is -0.111. The molecule has 0 radical (unpaired) electrons. The molecule has 0 aromatic heterocycles. The molecule has 0 aliphatic carbocycles. The van der Waals surface area contributed by atoms with E-state index in [0.29, 0.717) is 19.7 Å². The van der Waals surface area contributed by atoms with E-state index >= 15 is 0 Å². The summed E-state index contributed by atoms with van der Waals surface area (Å²) < 4.78 is 5.03. The van der Waals surface area contributed by atoms with Gasteiger partial charge in [-0.1, -0.05) is 0 Å². The maximum Gasteiger partial charge on any atom is 0.208 e. The molecule has 3 N–H and O–H groups in total. The fourth-order valence-electron chi connectivity index (χ4n) is 0.672. The van der Waals surface area contributed by atoms with Crippen molar-refractivity contribution in [2.75, 3.05) is 13.3 Å². The SMILES string of the molecule is C[C@@H](N)CCCOCNC=O. The Kier molecular flexibility index (Phi) is 7.08. The average molecular weight is 160 g/mol. The monoisotopic (exact) mass is 160 g/mol. The van der Waals surface area contributed by atoms with Crippen LogP contribution in [0, 0.1) is 0 Å². The third kappa shape index (κ3) is 9.39. The molecule has 0 unspecified atom stereocenters. The van der Waals surface area contributed by atoms with Gasteiger partial charge in [0, 0.05) is 12.6 Å². The van der Waals surface area contributed by atoms with Crippen LogP contribution < -0.4 is 11.1 Å². The Morgan fingerprint density at radius 3 is 3.00 bits per heavy atom. The Morgan fingerprint density at radius 2 is 2.45 bits per heavy atom. The van der Waals surface area contributed by atoms with Crippen LogP contribution in [0.5, 0.6) is 0 Å². The zero-order chi connectivity index (χ0) is 8.53. The highest BCUT2D eigenvalue weighted by Gasteiger charge is 1.92. The van der Waals surface area contributed by atoms with E-state index in [4.69, 9.17) is 10.5 Å². The van der Waals surface area contributed by atoms with E-state index in [1.54, 1.807) is 0 Å². The summed E-state index contributed by atoms with van der Waals surface area (Å²) in [5.41, 5.74) is 5.51. The second-order valence-corrected chi connectivity index (χ2v) is 2.49. The summed E-state index contributed by atoms with van der Waals surface area (Å²) in [6, 6.07) is 0.234. The number of hydrogen-bond acceptors (Lipinski definition) is 3. The fraction of sp³-hybridized carbons (Fsp3) is 0.857. The molecule has 0 aliphatic heterocycles. The van der Waals surface area contributed by atoms with Gasteiger partial charge in [0.25, 0.3) is 0 Å². The van der Waals surface area contributed by atoms with Crippen molar-refractivity contribution in [1.82, 2.24) is 5.32 Å². The zero-order valence-corrected chi connectivity index (χ0v) is 6.88. The van der Waals surface area contributed by atoms with Crippen LogP contribution in [0.3, 0.4) is 0 Å². The van der Waals surface area contributed by atoms with Gasteiger partial charge in [-0.3, -0.25) is 4.79 Å². The lowest BCUT2D eigenvalue weighted by Gasteiger charge is -2.04. The van der Waals surface area contributed by atoms with Crippen molar-refractivity contribution in [3.05, 3.63) is 0 Å². The maximum atomic E-state index is 9.73. The molecule has 1 amide bonds. The standard InChI is InChI=1S/C7H16N2O2/c1-7(8)3-2-4-11-6-9-5-10/h5,7H,2-4,6,8H2,1H3,(H,9,10)/t7-/m1/s1. The minimum atomic E-state index is 0.234. The lowest BCUT2D eigenvalue weighted by Crippen LogP contribution is -2.18. The van der Waals surface area contributed by atoms with Crippen LogP contribution in [0.15, 0.2) is 0 Å². The quantitative estimate of drug-likeness (QED) is 0.309. The van der Waals surface area contributed by atoms with Gasteiger partial charge in [-0.25, -0.2) is 0 Å². The van der Waals surface area contributed by atoms with E-state index in [0.717, 1.165) is 12.8 Å².